The highest BCUT2D eigenvalue weighted by molar-refractivity contribution is 6.30. The lowest BCUT2D eigenvalue weighted by Gasteiger charge is -2.34. The fraction of sp³-hybridized carbons (Fsp3) is 0.600. The predicted octanol–water partition coefficient (Wildman–Crippen LogP) is 5.59. The summed E-state index contributed by atoms with van der Waals surface area (Å²) < 4.78 is 0. The summed E-state index contributed by atoms with van der Waals surface area (Å²) in [5.74, 6) is 0. The Bertz CT molecular complexity index is 294. The highest BCUT2D eigenvalue weighted by Gasteiger charge is 2.28. The van der Waals surface area contributed by atoms with E-state index in [4.69, 9.17) is 11.6 Å². The third-order valence-corrected chi connectivity index (χ3v) is 3.75. The molecule has 16 heavy (non-hydrogen) atoms. The van der Waals surface area contributed by atoms with Crippen LogP contribution in [0.1, 0.15) is 58.4 Å². The molecule has 0 N–H and O–H groups in total. The summed E-state index contributed by atoms with van der Waals surface area (Å²) in [4.78, 5) is 0. The lowest BCUT2D eigenvalue weighted by atomic mass is 9.71. The first kappa shape index (κ1) is 13.6. The summed E-state index contributed by atoms with van der Waals surface area (Å²) in [6, 6.07) is 8.40. The van der Waals surface area contributed by atoms with Crippen molar-refractivity contribution >= 4 is 11.6 Å². The van der Waals surface area contributed by atoms with Gasteiger partial charge in [-0.15, -0.1) is 0 Å². The fourth-order valence-electron chi connectivity index (χ4n) is 2.47. The van der Waals surface area contributed by atoms with Crippen LogP contribution in [-0.2, 0) is 5.41 Å². The van der Waals surface area contributed by atoms with Gasteiger partial charge in [-0.05, 0) is 36.0 Å². The fourth-order valence-corrected chi connectivity index (χ4v) is 2.60. The van der Waals surface area contributed by atoms with Crippen LogP contribution in [0.4, 0.5) is 0 Å². The van der Waals surface area contributed by atoms with Gasteiger partial charge >= 0.3 is 0 Å². The van der Waals surface area contributed by atoms with E-state index in [1.54, 1.807) is 0 Å². The highest BCUT2D eigenvalue weighted by atomic mass is 35.5. The Morgan fingerprint density at radius 2 is 1.44 bits per heavy atom. The van der Waals surface area contributed by atoms with Crippen molar-refractivity contribution in [2.75, 3.05) is 0 Å². The molecule has 0 amide bonds. The largest absolute Gasteiger partial charge is 0.0843 e. The van der Waals surface area contributed by atoms with Crippen molar-refractivity contribution in [1.82, 2.24) is 0 Å². The molecule has 0 radical (unpaired) electrons. The van der Waals surface area contributed by atoms with Gasteiger partial charge in [-0.25, -0.2) is 0 Å². The first-order chi connectivity index (χ1) is 7.71. The van der Waals surface area contributed by atoms with E-state index in [0.29, 0.717) is 5.41 Å². The Balaban J connectivity index is 0.000000606. The molecule has 1 saturated carbocycles. The van der Waals surface area contributed by atoms with E-state index in [1.165, 1.54) is 37.7 Å². The molecule has 1 heteroatoms. The zero-order valence-electron chi connectivity index (χ0n) is 10.7. The minimum absolute atomic E-state index is 0.406. The molecule has 2 rings (SSSR count). The van der Waals surface area contributed by atoms with Gasteiger partial charge in [0.05, 0.1) is 0 Å². The first-order valence-electron chi connectivity index (χ1n) is 6.47. The van der Waals surface area contributed by atoms with Crippen molar-refractivity contribution in [3.8, 4) is 0 Å². The topological polar surface area (TPSA) is 0 Å². The molecule has 1 aromatic rings. The second-order valence-corrected chi connectivity index (χ2v) is 5.06. The Morgan fingerprint density at radius 3 is 1.94 bits per heavy atom. The standard InChI is InChI=1S/C13H17Cl.C2H6/c1-13(9-3-2-4-10-13)11-5-7-12(14)8-6-11;1-2/h5-8H,2-4,9-10H2,1H3;1-2H3. The Morgan fingerprint density at radius 1 is 0.938 bits per heavy atom. The Labute approximate surface area is 105 Å². The van der Waals surface area contributed by atoms with Crippen LogP contribution in [0.2, 0.25) is 5.02 Å². The molecule has 0 atom stereocenters. The zero-order chi connectivity index (χ0) is 12.0. The smallest absolute Gasteiger partial charge is 0.0406 e. The minimum Gasteiger partial charge on any atom is -0.0843 e. The lowest BCUT2D eigenvalue weighted by molar-refractivity contribution is 0.319. The first-order valence-corrected chi connectivity index (χ1v) is 6.85. The van der Waals surface area contributed by atoms with Gasteiger partial charge < -0.3 is 0 Å². The van der Waals surface area contributed by atoms with Gasteiger partial charge in [0, 0.05) is 5.02 Å². The number of hydrogen-bond donors (Lipinski definition) is 0. The summed E-state index contributed by atoms with van der Waals surface area (Å²) in [6.07, 6.45) is 6.81. The summed E-state index contributed by atoms with van der Waals surface area (Å²) in [5, 5.41) is 0.841. The van der Waals surface area contributed by atoms with E-state index in [9.17, 15) is 0 Å². The maximum atomic E-state index is 5.90. The van der Waals surface area contributed by atoms with Crippen molar-refractivity contribution < 1.29 is 0 Å². The molecule has 1 aliphatic carbocycles. The molecular weight excluding hydrogens is 216 g/mol. The number of halogens is 1. The molecule has 1 fully saturated rings. The Hall–Kier alpha value is -0.490. The Kier molecular flexibility index (Phi) is 5.34. The minimum atomic E-state index is 0.406. The monoisotopic (exact) mass is 238 g/mol. The molecule has 1 aromatic carbocycles. The lowest BCUT2D eigenvalue weighted by Crippen LogP contribution is -2.24. The van der Waals surface area contributed by atoms with Gasteiger partial charge in [0.2, 0.25) is 0 Å². The van der Waals surface area contributed by atoms with Crippen LogP contribution in [0.15, 0.2) is 24.3 Å². The molecular formula is C15H23Cl. The molecule has 90 valence electrons. The second kappa shape index (κ2) is 6.30. The second-order valence-electron chi connectivity index (χ2n) is 4.63. The van der Waals surface area contributed by atoms with E-state index < -0.39 is 0 Å². The maximum Gasteiger partial charge on any atom is 0.0406 e. The third-order valence-electron chi connectivity index (χ3n) is 3.50. The van der Waals surface area contributed by atoms with E-state index in [-0.39, 0.29) is 0 Å². The SMILES string of the molecule is CC.CC1(c2ccc(Cl)cc2)CCCCC1. The van der Waals surface area contributed by atoms with Crippen LogP contribution in [-0.4, -0.2) is 0 Å². The molecule has 0 nitrogen and oxygen atoms in total. The zero-order valence-corrected chi connectivity index (χ0v) is 11.5. The van der Waals surface area contributed by atoms with Crippen LogP contribution in [0.5, 0.6) is 0 Å². The van der Waals surface area contributed by atoms with Gasteiger partial charge in [-0.2, -0.15) is 0 Å². The van der Waals surface area contributed by atoms with Crippen LogP contribution in [0.3, 0.4) is 0 Å². The third kappa shape index (κ3) is 3.25. The summed E-state index contributed by atoms with van der Waals surface area (Å²) in [7, 11) is 0. The number of benzene rings is 1. The normalized spacial score (nSPS) is 18.5. The molecule has 0 unspecified atom stereocenters. The summed E-state index contributed by atoms with van der Waals surface area (Å²) >= 11 is 5.90. The van der Waals surface area contributed by atoms with Crippen molar-refractivity contribution in [3.63, 3.8) is 0 Å². The van der Waals surface area contributed by atoms with Gasteiger partial charge in [-0.3, -0.25) is 0 Å². The van der Waals surface area contributed by atoms with Crippen molar-refractivity contribution in [3.05, 3.63) is 34.9 Å². The van der Waals surface area contributed by atoms with E-state index >= 15 is 0 Å². The van der Waals surface area contributed by atoms with Gasteiger partial charge in [0.15, 0.2) is 0 Å². The quantitative estimate of drug-likeness (QED) is 0.599. The average Bonchev–Trinajstić information content (AvgIpc) is 2.33. The van der Waals surface area contributed by atoms with Crippen molar-refractivity contribution in [2.45, 2.75) is 58.3 Å². The molecule has 0 saturated heterocycles. The van der Waals surface area contributed by atoms with Crippen LogP contribution >= 0.6 is 11.6 Å². The molecule has 0 spiro atoms. The van der Waals surface area contributed by atoms with Crippen molar-refractivity contribution in [2.24, 2.45) is 0 Å². The van der Waals surface area contributed by atoms with E-state index in [2.05, 4.69) is 19.1 Å². The van der Waals surface area contributed by atoms with Gasteiger partial charge in [0.25, 0.3) is 0 Å². The molecule has 1 aliphatic rings. The maximum absolute atomic E-state index is 5.90. The predicted molar refractivity (Wildman–Crippen MR) is 73.2 cm³/mol. The number of rotatable bonds is 1. The van der Waals surface area contributed by atoms with Crippen LogP contribution < -0.4 is 0 Å². The molecule has 0 bridgehead atoms. The van der Waals surface area contributed by atoms with E-state index in [0.717, 1.165) is 5.02 Å². The van der Waals surface area contributed by atoms with Crippen LogP contribution in [0.25, 0.3) is 0 Å². The van der Waals surface area contributed by atoms with Gasteiger partial charge in [0.1, 0.15) is 0 Å². The summed E-state index contributed by atoms with van der Waals surface area (Å²) in [6.45, 7) is 6.38. The van der Waals surface area contributed by atoms with E-state index in [1.807, 2.05) is 26.0 Å². The number of hydrogen-bond acceptors (Lipinski definition) is 0. The molecule has 0 aliphatic heterocycles. The van der Waals surface area contributed by atoms with Crippen LogP contribution in [0, 0.1) is 0 Å². The van der Waals surface area contributed by atoms with Crippen molar-refractivity contribution in [1.29, 1.82) is 0 Å². The summed E-state index contributed by atoms with van der Waals surface area (Å²) in [5.41, 5.74) is 1.87. The molecule has 0 aromatic heterocycles. The average molecular weight is 239 g/mol. The highest BCUT2D eigenvalue weighted by Crippen LogP contribution is 2.39. The molecule has 0 heterocycles. The van der Waals surface area contributed by atoms with Gasteiger partial charge in [-0.1, -0.05) is 63.8 Å².